The summed E-state index contributed by atoms with van der Waals surface area (Å²) in [5, 5.41) is 9.26. The second-order valence-electron chi connectivity index (χ2n) is 3.92. The second kappa shape index (κ2) is 5.07. The van der Waals surface area contributed by atoms with Crippen molar-refractivity contribution in [3.8, 4) is 6.07 Å². The number of nitriles is 1. The first kappa shape index (κ1) is 12.4. The van der Waals surface area contributed by atoms with Crippen LogP contribution in [0.4, 0.5) is 5.82 Å². The predicted molar refractivity (Wildman–Crippen MR) is 69.3 cm³/mol. The van der Waals surface area contributed by atoms with E-state index in [1.807, 2.05) is 35.8 Å². The van der Waals surface area contributed by atoms with E-state index in [0.29, 0.717) is 17.4 Å². The van der Waals surface area contributed by atoms with Gasteiger partial charge in [0.05, 0.1) is 11.6 Å². The molecular weight excluding hydrogens is 250 g/mol. The Hall–Kier alpha value is -2.06. The summed E-state index contributed by atoms with van der Waals surface area (Å²) < 4.78 is 1.94. The van der Waals surface area contributed by atoms with Crippen molar-refractivity contribution in [2.45, 2.75) is 6.54 Å². The summed E-state index contributed by atoms with van der Waals surface area (Å²) in [5.41, 5.74) is 0.237. The van der Waals surface area contributed by atoms with Crippen molar-refractivity contribution in [2.75, 3.05) is 11.9 Å². The van der Waals surface area contributed by atoms with Gasteiger partial charge in [-0.3, -0.25) is 0 Å². The third-order valence-corrected chi connectivity index (χ3v) is 2.93. The highest BCUT2D eigenvalue weighted by Crippen LogP contribution is 2.18. The van der Waals surface area contributed by atoms with Crippen LogP contribution in [-0.4, -0.2) is 21.6 Å². The molecule has 0 N–H and O–H groups in total. The van der Waals surface area contributed by atoms with E-state index < -0.39 is 0 Å². The summed E-state index contributed by atoms with van der Waals surface area (Å²) in [6.45, 7) is 0.614. The van der Waals surface area contributed by atoms with Gasteiger partial charge in [-0.2, -0.15) is 5.26 Å². The number of hydrogen-bond donors (Lipinski definition) is 0. The van der Waals surface area contributed by atoms with Gasteiger partial charge in [0.15, 0.2) is 5.69 Å². The smallest absolute Gasteiger partial charge is 0.161 e. The average molecular weight is 262 g/mol. The summed E-state index contributed by atoms with van der Waals surface area (Å²) in [6.07, 6.45) is 3.64. The minimum atomic E-state index is 0.237. The average Bonchev–Trinajstić information content (AvgIpc) is 2.75. The Labute approximate surface area is 110 Å². The molecule has 5 nitrogen and oxygen atoms in total. The molecule has 0 saturated carbocycles. The summed E-state index contributed by atoms with van der Waals surface area (Å²) >= 11 is 5.85. The Kier molecular flexibility index (Phi) is 3.49. The molecular formula is C12H12ClN5. The minimum absolute atomic E-state index is 0.237. The van der Waals surface area contributed by atoms with Crippen molar-refractivity contribution in [1.29, 1.82) is 5.26 Å². The lowest BCUT2D eigenvalue weighted by molar-refractivity contribution is 0.755. The zero-order chi connectivity index (χ0) is 13.1. The molecule has 0 unspecified atom stereocenters. The predicted octanol–water partition coefficient (Wildman–Crippen LogP) is 1.98. The summed E-state index contributed by atoms with van der Waals surface area (Å²) in [4.78, 5) is 10.4. The zero-order valence-electron chi connectivity index (χ0n) is 10.1. The number of aromatic nitrogens is 3. The van der Waals surface area contributed by atoms with Gasteiger partial charge in [0.2, 0.25) is 0 Å². The number of halogens is 1. The van der Waals surface area contributed by atoms with Crippen molar-refractivity contribution < 1.29 is 0 Å². The fraction of sp³-hybridized carbons (Fsp3) is 0.250. The van der Waals surface area contributed by atoms with Gasteiger partial charge in [-0.25, -0.2) is 9.97 Å². The topological polar surface area (TPSA) is 57.7 Å². The lowest BCUT2D eigenvalue weighted by Crippen LogP contribution is -2.20. The van der Waals surface area contributed by atoms with Crippen LogP contribution in [0.2, 0.25) is 5.02 Å². The molecule has 0 saturated heterocycles. The van der Waals surface area contributed by atoms with Gasteiger partial charge in [0.25, 0.3) is 0 Å². The van der Waals surface area contributed by atoms with E-state index in [4.69, 9.17) is 16.9 Å². The first-order chi connectivity index (χ1) is 8.61. The molecule has 2 aromatic heterocycles. The van der Waals surface area contributed by atoms with Crippen LogP contribution < -0.4 is 4.90 Å². The monoisotopic (exact) mass is 261 g/mol. The number of hydrogen-bond acceptors (Lipinski definition) is 4. The molecule has 6 heteroatoms. The van der Waals surface area contributed by atoms with Gasteiger partial charge < -0.3 is 9.47 Å². The number of aryl methyl sites for hydroxylation is 1. The number of rotatable bonds is 3. The molecule has 0 amide bonds. The molecule has 0 bridgehead atoms. The standard InChI is InChI=1S/C12H12ClN5/c1-17-6-5-15-12(17)8-18(2)11-4-3-9(13)10(7-14)16-11/h3-6H,8H2,1-2H3. The molecule has 18 heavy (non-hydrogen) atoms. The van der Waals surface area contributed by atoms with Crippen LogP contribution in [0.3, 0.4) is 0 Å². The molecule has 0 spiro atoms. The van der Waals surface area contributed by atoms with Gasteiger partial charge in [0.1, 0.15) is 17.7 Å². The molecule has 2 heterocycles. The third kappa shape index (κ3) is 2.44. The van der Waals surface area contributed by atoms with E-state index in [0.717, 1.165) is 5.82 Å². The van der Waals surface area contributed by atoms with Crippen LogP contribution in [0.1, 0.15) is 11.5 Å². The maximum atomic E-state index is 8.89. The van der Waals surface area contributed by atoms with E-state index in [1.165, 1.54) is 0 Å². The Morgan fingerprint density at radius 1 is 1.50 bits per heavy atom. The highest BCUT2D eigenvalue weighted by Gasteiger charge is 2.09. The Balaban J connectivity index is 2.22. The Morgan fingerprint density at radius 3 is 2.89 bits per heavy atom. The molecule has 0 aliphatic carbocycles. The minimum Gasteiger partial charge on any atom is -0.352 e. The van der Waals surface area contributed by atoms with Crippen molar-refractivity contribution in [2.24, 2.45) is 7.05 Å². The third-order valence-electron chi connectivity index (χ3n) is 2.63. The van der Waals surface area contributed by atoms with Crippen LogP contribution >= 0.6 is 11.6 Å². The molecule has 0 atom stereocenters. The maximum absolute atomic E-state index is 8.89. The fourth-order valence-electron chi connectivity index (χ4n) is 1.56. The highest BCUT2D eigenvalue weighted by molar-refractivity contribution is 6.31. The van der Waals surface area contributed by atoms with Gasteiger partial charge in [-0.15, -0.1) is 0 Å². The largest absolute Gasteiger partial charge is 0.352 e. The van der Waals surface area contributed by atoms with E-state index in [9.17, 15) is 0 Å². The SMILES string of the molecule is CN(Cc1nccn1C)c1ccc(Cl)c(C#N)n1. The van der Waals surface area contributed by atoms with Gasteiger partial charge in [0, 0.05) is 26.5 Å². The molecule has 2 aromatic rings. The van der Waals surface area contributed by atoms with Crippen LogP contribution in [-0.2, 0) is 13.6 Å². The lowest BCUT2D eigenvalue weighted by Gasteiger charge is -2.18. The summed E-state index contributed by atoms with van der Waals surface area (Å²) in [6, 6.07) is 5.43. The van der Waals surface area contributed by atoms with Gasteiger partial charge in [-0.05, 0) is 12.1 Å². The quantitative estimate of drug-likeness (QED) is 0.848. The number of pyridine rings is 1. The maximum Gasteiger partial charge on any atom is 0.161 e. The molecule has 0 fully saturated rings. The van der Waals surface area contributed by atoms with Crippen molar-refractivity contribution in [3.63, 3.8) is 0 Å². The van der Waals surface area contributed by atoms with Crippen LogP contribution in [0.15, 0.2) is 24.5 Å². The van der Waals surface area contributed by atoms with Crippen LogP contribution in [0.5, 0.6) is 0 Å². The highest BCUT2D eigenvalue weighted by atomic mass is 35.5. The second-order valence-corrected chi connectivity index (χ2v) is 4.33. The van der Waals surface area contributed by atoms with Crippen LogP contribution in [0, 0.1) is 11.3 Å². The van der Waals surface area contributed by atoms with Crippen molar-refractivity contribution >= 4 is 17.4 Å². The molecule has 0 aliphatic rings. The number of imidazole rings is 1. The molecule has 2 rings (SSSR count). The van der Waals surface area contributed by atoms with Crippen molar-refractivity contribution in [1.82, 2.24) is 14.5 Å². The van der Waals surface area contributed by atoms with Gasteiger partial charge >= 0.3 is 0 Å². The zero-order valence-corrected chi connectivity index (χ0v) is 10.9. The summed E-state index contributed by atoms with van der Waals surface area (Å²) in [5.74, 6) is 1.62. The normalized spacial score (nSPS) is 10.1. The molecule has 0 radical (unpaired) electrons. The molecule has 92 valence electrons. The van der Waals surface area contributed by atoms with E-state index in [2.05, 4.69) is 9.97 Å². The molecule has 0 aliphatic heterocycles. The Morgan fingerprint density at radius 2 is 2.28 bits per heavy atom. The fourth-order valence-corrected chi connectivity index (χ4v) is 1.71. The number of anilines is 1. The Bertz CT molecular complexity index is 599. The van der Waals surface area contributed by atoms with E-state index in [1.54, 1.807) is 18.3 Å². The first-order valence-electron chi connectivity index (χ1n) is 5.36. The van der Waals surface area contributed by atoms with Crippen molar-refractivity contribution in [3.05, 3.63) is 41.1 Å². The molecule has 0 aromatic carbocycles. The van der Waals surface area contributed by atoms with E-state index in [-0.39, 0.29) is 5.69 Å². The number of nitrogens with zero attached hydrogens (tertiary/aromatic N) is 5. The van der Waals surface area contributed by atoms with E-state index >= 15 is 0 Å². The lowest BCUT2D eigenvalue weighted by atomic mass is 10.3. The summed E-state index contributed by atoms with van der Waals surface area (Å²) in [7, 11) is 3.83. The van der Waals surface area contributed by atoms with Gasteiger partial charge in [-0.1, -0.05) is 11.6 Å². The van der Waals surface area contributed by atoms with Crippen LogP contribution in [0.25, 0.3) is 0 Å². The first-order valence-corrected chi connectivity index (χ1v) is 5.73.